The number of ether oxygens (including phenoxy) is 2. The first-order chi connectivity index (χ1) is 13.5. The quantitative estimate of drug-likeness (QED) is 0.308. The highest BCUT2D eigenvalue weighted by molar-refractivity contribution is 6.14. The summed E-state index contributed by atoms with van der Waals surface area (Å²) in [4.78, 5) is 47.8. The van der Waals surface area contributed by atoms with Crippen molar-refractivity contribution in [2.24, 2.45) is 0 Å². The van der Waals surface area contributed by atoms with Crippen molar-refractivity contribution in [1.29, 1.82) is 0 Å². The molecule has 0 radical (unpaired) electrons. The van der Waals surface area contributed by atoms with Gasteiger partial charge >= 0.3 is 11.9 Å². The molecule has 0 unspecified atom stereocenters. The molecule has 1 aromatic rings. The molecule has 1 aliphatic heterocycles. The zero-order valence-electron chi connectivity index (χ0n) is 16.3. The Morgan fingerprint density at radius 3 is 2.25 bits per heavy atom. The van der Waals surface area contributed by atoms with Gasteiger partial charge < -0.3 is 24.6 Å². The maximum absolute atomic E-state index is 12.0. The van der Waals surface area contributed by atoms with Crippen LogP contribution in [0.5, 0.6) is 0 Å². The first-order valence-corrected chi connectivity index (χ1v) is 9.10. The molecule has 1 saturated heterocycles. The number of amides is 1. The van der Waals surface area contributed by atoms with Gasteiger partial charge in [0.15, 0.2) is 5.57 Å². The number of piperazine rings is 1. The van der Waals surface area contributed by atoms with Crippen molar-refractivity contribution in [3.8, 4) is 0 Å². The molecule has 2 rings (SSSR count). The average Bonchev–Trinajstić information content (AvgIpc) is 2.69. The number of nitrogens with zero attached hydrogens (tertiary/aromatic N) is 4. The standard InChI is InChI=1S/C18H25N5O5/c1-4-27-16(25)14(17(26)28-5-2)12-20-15-6-7-19-18(21-15)23-10-8-22(9-11-23)13(3)24/h6-7,12H,4-5,8-11H2,1-3H3,(H,19,20,21). The van der Waals surface area contributed by atoms with Crippen molar-refractivity contribution in [3.63, 3.8) is 0 Å². The van der Waals surface area contributed by atoms with Crippen molar-refractivity contribution in [2.75, 3.05) is 49.6 Å². The first kappa shape index (κ1) is 21.1. The smallest absolute Gasteiger partial charge is 0.347 e. The number of nitrogens with one attached hydrogen (secondary N) is 1. The van der Waals surface area contributed by atoms with Crippen LogP contribution in [0.15, 0.2) is 24.0 Å². The highest BCUT2D eigenvalue weighted by Gasteiger charge is 2.22. The van der Waals surface area contributed by atoms with Gasteiger partial charge in [0, 0.05) is 45.5 Å². The van der Waals surface area contributed by atoms with Gasteiger partial charge in [-0.2, -0.15) is 4.98 Å². The molecule has 0 aromatic carbocycles. The minimum Gasteiger partial charge on any atom is -0.462 e. The lowest BCUT2D eigenvalue weighted by Gasteiger charge is -2.34. The fourth-order valence-electron chi connectivity index (χ4n) is 2.57. The number of aromatic nitrogens is 2. The summed E-state index contributed by atoms with van der Waals surface area (Å²) in [6.45, 7) is 7.57. The third kappa shape index (κ3) is 5.66. The number of carbonyl (C=O) groups excluding carboxylic acids is 3. The van der Waals surface area contributed by atoms with Gasteiger partial charge in [0.25, 0.3) is 0 Å². The second-order valence-electron chi connectivity index (χ2n) is 5.88. The molecule has 1 aromatic heterocycles. The number of hydrogen-bond donors (Lipinski definition) is 1. The zero-order valence-corrected chi connectivity index (χ0v) is 16.3. The number of carbonyl (C=O) groups is 3. The maximum Gasteiger partial charge on any atom is 0.347 e. The second kappa shape index (κ2) is 10.2. The van der Waals surface area contributed by atoms with Crippen LogP contribution in [0.1, 0.15) is 20.8 Å². The molecule has 0 saturated carbocycles. The van der Waals surface area contributed by atoms with Crippen molar-refractivity contribution in [1.82, 2.24) is 14.9 Å². The Morgan fingerprint density at radius 1 is 1.11 bits per heavy atom. The van der Waals surface area contributed by atoms with Crippen LogP contribution in [0.3, 0.4) is 0 Å². The Hall–Kier alpha value is -3.17. The van der Waals surface area contributed by atoms with E-state index in [1.807, 2.05) is 4.90 Å². The van der Waals surface area contributed by atoms with Gasteiger partial charge in [0.2, 0.25) is 11.9 Å². The van der Waals surface area contributed by atoms with E-state index in [1.165, 1.54) is 6.20 Å². The van der Waals surface area contributed by atoms with Gasteiger partial charge in [-0.3, -0.25) is 4.79 Å². The highest BCUT2D eigenvalue weighted by atomic mass is 16.6. The molecular weight excluding hydrogens is 366 g/mol. The van der Waals surface area contributed by atoms with E-state index in [9.17, 15) is 14.4 Å². The molecule has 28 heavy (non-hydrogen) atoms. The summed E-state index contributed by atoms with van der Waals surface area (Å²) in [6.07, 6.45) is 2.79. The molecule has 1 fully saturated rings. The number of esters is 2. The lowest BCUT2D eigenvalue weighted by Crippen LogP contribution is -2.48. The SMILES string of the molecule is CCOC(=O)C(=CNc1ccnc(N2CCN(C(C)=O)CC2)n1)C(=O)OCC. The highest BCUT2D eigenvalue weighted by Crippen LogP contribution is 2.14. The van der Waals surface area contributed by atoms with Crippen LogP contribution in [-0.4, -0.2) is 72.1 Å². The van der Waals surface area contributed by atoms with Crippen LogP contribution in [0.25, 0.3) is 0 Å². The summed E-state index contributed by atoms with van der Waals surface area (Å²) in [6, 6.07) is 1.61. The monoisotopic (exact) mass is 391 g/mol. The van der Waals surface area contributed by atoms with E-state index in [-0.39, 0.29) is 24.7 Å². The molecule has 2 heterocycles. The lowest BCUT2D eigenvalue weighted by molar-refractivity contribution is -0.146. The van der Waals surface area contributed by atoms with E-state index in [0.717, 1.165) is 0 Å². The minimum absolute atomic E-state index is 0.0478. The van der Waals surface area contributed by atoms with Crippen molar-refractivity contribution < 1.29 is 23.9 Å². The zero-order chi connectivity index (χ0) is 20.5. The van der Waals surface area contributed by atoms with Crippen LogP contribution < -0.4 is 10.2 Å². The Morgan fingerprint density at radius 2 is 1.71 bits per heavy atom. The molecule has 1 amide bonds. The average molecular weight is 391 g/mol. The Labute approximate surface area is 163 Å². The fraction of sp³-hybridized carbons (Fsp3) is 0.500. The maximum atomic E-state index is 12.0. The third-order valence-corrected chi connectivity index (χ3v) is 4.01. The van der Waals surface area contributed by atoms with Gasteiger partial charge in [-0.05, 0) is 19.9 Å². The summed E-state index contributed by atoms with van der Waals surface area (Å²) in [5.74, 6) is -0.599. The van der Waals surface area contributed by atoms with E-state index >= 15 is 0 Å². The van der Waals surface area contributed by atoms with Crippen LogP contribution in [0, 0.1) is 0 Å². The van der Waals surface area contributed by atoms with Crippen molar-refractivity contribution in [3.05, 3.63) is 24.0 Å². The second-order valence-corrected chi connectivity index (χ2v) is 5.88. The topological polar surface area (TPSA) is 114 Å². The van der Waals surface area contributed by atoms with Gasteiger partial charge in [0.1, 0.15) is 5.82 Å². The van der Waals surface area contributed by atoms with Crippen LogP contribution >= 0.6 is 0 Å². The summed E-state index contributed by atoms with van der Waals surface area (Å²) >= 11 is 0. The number of anilines is 2. The van der Waals surface area contributed by atoms with Crippen LogP contribution in [-0.2, 0) is 23.9 Å². The number of hydrogen-bond acceptors (Lipinski definition) is 9. The first-order valence-electron chi connectivity index (χ1n) is 9.10. The predicted molar refractivity (Wildman–Crippen MR) is 101 cm³/mol. The summed E-state index contributed by atoms with van der Waals surface area (Å²) in [7, 11) is 0. The van der Waals surface area contributed by atoms with Crippen LogP contribution in [0.4, 0.5) is 11.8 Å². The lowest BCUT2D eigenvalue weighted by atomic mass is 10.3. The molecule has 0 atom stereocenters. The van der Waals surface area contributed by atoms with Crippen molar-refractivity contribution >= 4 is 29.6 Å². The van der Waals surface area contributed by atoms with Crippen LogP contribution in [0.2, 0.25) is 0 Å². The van der Waals surface area contributed by atoms with E-state index in [0.29, 0.717) is 37.9 Å². The molecule has 0 aliphatic carbocycles. The fourth-order valence-corrected chi connectivity index (χ4v) is 2.57. The normalized spacial score (nSPS) is 13.5. The molecular formula is C18H25N5O5. The molecule has 10 heteroatoms. The third-order valence-electron chi connectivity index (χ3n) is 4.01. The minimum atomic E-state index is -0.775. The molecule has 0 spiro atoms. The number of rotatable bonds is 7. The van der Waals surface area contributed by atoms with E-state index in [4.69, 9.17) is 9.47 Å². The van der Waals surface area contributed by atoms with Gasteiger partial charge in [0.05, 0.1) is 13.2 Å². The molecule has 0 bridgehead atoms. The Bertz CT molecular complexity index is 724. The molecule has 152 valence electrons. The Balaban J connectivity index is 2.10. The predicted octanol–water partition coefficient (Wildman–Crippen LogP) is 0.567. The van der Waals surface area contributed by atoms with Gasteiger partial charge in [-0.1, -0.05) is 0 Å². The van der Waals surface area contributed by atoms with Crippen molar-refractivity contribution in [2.45, 2.75) is 20.8 Å². The summed E-state index contributed by atoms with van der Waals surface area (Å²) in [5.41, 5.74) is -0.251. The Kier molecular flexibility index (Phi) is 7.73. The van der Waals surface area contributed by atoms with E-state index < -0.39 is 11.9 Å². The van der Waals surface area contributed by atoms with E-state index in [1.54, 1.807) is 37.9 Å². The largest absolute Gasteiger partial charge is 0.462 e. The van der Waals surface area contributed by atoms with Gasteiger partial charge in [-0.25, -0.2) is 14.6 Å². The molecule has 10 nitrogen and oxygen atoms in total. The van der Waals surface area contributed by atoms with Gasteiger partial charge in [-0.15, -0.1) is 0 Å². The summed E-state index contributed by atoms with van der Waals surface area (Å²) < 4.78 is 9.77. The van der Waals surface area contributed by atoms with E-state index in [2.05, 4.69) is 15.3 Å². The molecule has 1 aliphatic rings. The molecule has 1 N–H and O–H groups in total. The summed E-state index contributed by atoms with van der Waals surface area (Å²) in [5, 5.41) is 2.82.